The van der Waals surface area contributed by atoms with E-state index in [1.165, 1.54) is 6.42 Å². The van der Waals surface area contributed by atoms with Crippen LogP contribution in [0.15, 0.2) is 0 Å². The van der Waals surface area contributed by atoms with Gasteiger partial charge in [-0.3, -0.25) is 4.79 Å². The number of carbonyl (C=O) groups is 1. The van der Waals surface area contributed by atoms with E-state index in [0.717, 1.165) is 44.2 Å². The Hall–Kier alpha value is -0.570. The van der Waals surface area contributed by atoms with Gasteiger partial charge in [0.25, 0.3) is 0 Å². The van der Waals surface area contributed by atoms with Crippen molar-refractivity contribution in [2.24, 2.45) is 11.8 Å². The van der Waals surface area contributed by atoms with E-state index in [1.807, 2.05) is 0 Å². The molecule has 0 radical (unpaired) electrons. The molecule has 18 heavy (non-hydrogen) atoms. The summed E-state index contributed by atoms with van der Waals surface area (Å²) in [4.78, 5) is 14.4. The lowest BCUT2D eigenvalue weighted by atomic mass is 10.1. The molecule has 2 fully saturated rings. The molecule has 1 saturated heterocycles. The van der Waals surface area contributed by atoms with Gasteiger partial charge in [-0.2, -0.15) is 0 Å². The minimum Gasteiger partial charge on any atom is -0.378 e. The predicted octanol–water partition coefficient (Wildman–Crippen LogP) is 2.84. The fourth-order valence-electron chi connectivity index (χ4n) is 2.81. The van der Waals surface area contributed by atoms with E-state index < -0.39 is 0 Å². The largest absolute Gasteiger partial charge is 0.378 e. The van der Waals surface area contributed by atoms with Crippen molar-refractivity contribution in [3.63, 3.8) is 0 Å². The van der Waals surface area contributed by atoms with Gasteiger partial charge in [0.05, 0.1) is 6.10 Å². The molecule has 1 heterocycles. The minimum absolute atomic E-state index is 0.319. The van der Waals surface area contributed by atoms with Crippen LogP contribution < -0.4 is 0 Å². The van der Waals surface area contributed by atoms with Gasteiger partial charge in [-0.1, -0.05) is 6.92 Å². The quantitative estimate of drug-likeness (QED) is 0.728. The molecule has 1 saturated carbocycles. The van der Waals surface area contributed by atoms with Crippen LogP contribution in [0.25, 0.3) is 0 Å². The number of hydrogen-bond acceptors (Lipinski definition) is 2. The van der Waals surface area contributed by atoms with Gasteiger partial charge in [-0.15, -0.1) is 0 Å². The average molecular weight is 253 g/mol. The maximum atomic E-state index is 12.3. The maximum absolute atomic E-state index is 12.3. The van der Waals surface area contributed by atoms with Crippen LogP contribution in [-0.4, -0.2) is 36.1 Å². The molecule has 0 aromatic heterocycles. The topological polar surface area (TPSA) is 29.5 Å². The number of rotatable bonds is 6. The number of nitrogens with zero attached hydrogens (tertiary/aromatic N) is 1. The second kappa shape index (κ2) is 6.05. The molecule has 0 bridgehead atoms. The summed E-state index contributed by atoms with van der Waals surface area (Å²) < 4.78 is 5.58. The normalized spacial score (nSPS) is 30.8. The molecular formula is C15H27NO2. The highest BCUT2D eigenvalue weighted by molar-refractivity contribution is 5.76. The molecule has 1 aliphatic heterocycles. The molecule has 0 aromatic carbocycles. The summed E-state index contributed by atoms with van der Waals surface area (Å²) in [5.41, 5.74) is 0. The summed E-state index contributed by atoms with van der Waals surface area (Å²) in [5.74, 6) is 1.89. The van der Waals surface area contributed by atoms with Gasteiger partial charge in [0.1, 0.15) is 0 Å². The predicted molar refractivity (Wildman–Crippen MR) is 72.3 cm³/mol. The smallest absolute Gasteiger partial charge is 0.222 e. The summed E-state index contributed by atoms with van der Waals surface area (Å²) in [6, 6.07) is 0.329. The van der Waals surface area contributed by atoms with Crippen LogP contribution in [0.4, 0.5) is 0 Å². The Morgan fingerprint density at radius 2 is 2.17 bits per heavy atom. The maximum Gasteiger partial charge on any atom is 0.222 e. The Kier molecular flexibility index (Phi) is 4.66. The third-order valence-electron chi connectivity index (χ3n) is 4.36. The van der Waals surface area contributed by atoms with Gasteiger partial charge in [0.15, 0.2) is 0 Å². The van der Waals surface area contributed by atoms with Gasteiger partial charge in [-0.25, -0.2) is 0 Å². The van der Waals surface area contributed by atoms with Crippen molar-refractivity contribution in [3.8, 4) is 0 Å². The van der Waals surface area contributed by atoms with Crippen LogP contribution in [-0.2, 0) is 9.53 Å². The summed E-state index contributed by atoms with van der Waals surface area (Å²) in [6.07, 6.45) is 5.48. The Morgan fingerprint density at radius 3 is 2.67 bits per heavy atom. The monoisotopic (exact) mass is 253 g/mol. The van der Waals surface area contributed by atoms with E-state index in [-0.39, 0.29) is 0 Å². The first-order chi connectivity index (χ1) is 8.58. The fourth-order valence-corrected chi connectivity index (χ4v) is 2.81. The van der Waals surface area contributed by atoms with E-state index >= 15 is 0 Å². The average Bonchev–Trinajstić information content (AvgIpc) is 2.81. The molecule has 0 aromatic rings. The van der Waals surface area contributed by atoms with Gasteiger partial charge in [0.2, 0.25) is 5.91 Å². The zero-order valence-corrected chi connectivity index (χ0v) is 12.0. The van der Waals surface area contributed by atoms with Crippen LogP contribution in [0.1, 0.15) is 52.9 Å². The summed E-state index contributed by atoms with van der Waals surface area (Å²) >= 11 is 0. The number of ether oxygens (including phenoxy) is 1. The third kappa shape index (κ3) is 3.71. The van der Waals surface area contributed by atoms with Gasteiger partial charge in [0, 0.05) is 25.6 Å². The number of carbonyl (C=O) groups excluding carboxylic acids is 1. The first-order valence-corrected chi connectivity index (χ1v) is 7.49. The lowest BCUT2D eigenvalue weighted by Crippen LogP contribution is -2.39. The van der Waals surface area contributed by atoms with Crippen molar-refractivity contribution in [3.05, 3.63) is 0 Å². The van der Waals surface area contributed by atoms with Crippen LogP contribution >= 0.6 is 0 Å². The highest BCUT2D eigenvalue weighted by Crippen LogP contribution is 2.38. The van der Waals surface area contributed by atoms with Crippen LogP contribution in [0.2, 0.25) is 0 Å². The van der Waals surface area contributed by atoms with Gasteiger partial charge in [-0.05, 0) is 51.4 Å². The first kappa shape index (κ1) is 13.9. The highest BCUT2D eigenvalue weighted by atomic mass is 16.5. The molecular weight excluding hydrogens is 226 g/mol. The Morgan fingerprint density at radius 1 is 1.44 bits per heavy atom. The van der Waals surface area contributed by atoms with E-state index in [1.54, 1.807) is 0 Å². The first-order valence-electron chi connectivity index (χ1n) is 7.49. The van der Waals surface area contributed by atoms with Crippen LogP contribution in [0, 0.1) is 11.8 Å². The molecule has 1 aliphatic carbocycles. The van der Waals surface area contributed by atoms with Gasteiger partial charge >= 0.3 is 0 Å². The van der Waals surface area contributed by atoms with Gasteiger partial charge < -0.3 is 9.64 Å². The van der Waals surface area contributed by atoms with E-state index in [9.17, 15) is 4.79 Å². The molecule has 3 nitrogen and oxygen atoms in total. The van der Waals surface area contributed by atoms with Crippen molar-refractivity contribution in [1.82, 2.24) is 4.90 Å². The molecule has 0 N–H and O–H groups in total. The Balaban J connectivity index is 1.75. The summed E-state index contributed by atoms with van der Waals surface area (Å²) in [7, 11) is 0. The van der Waals surface area contributed by atoms with Crippen LogP contribution in [0.3, 0.4) is 0 Å². The summed E-state index contributed by atoms with van der Waals surface area (Å²) in [5, 5.41) is 0. The second-order valence-corrected chi connectivity index (χ2v) is 6.29. The van der Waals surface area contributed by atoms with E-state index in [0.29, 0.717) is 24.5 Å². The van der Waals surface area contributed by atoms with Crippen molar-refractivity contribution >= 4 is 5.91 Å². The fraction of sp³-hybridized carbons (Fsp3) is 0.933. The zero-order valence-electron chi connectivity index (χ0n) is 12.0. The molecule has 1 amide bonds. The number of amides is 1. The second-order valence-electron chi connectivity index (χ2n) is 6.29. The highest BCUT2D eigenvalue weighted by Gasteiger charge is 2.35. The number of hydrogen-bond donors (Lipinski definition) is 0. The lowest BCUT2D eigenvalue weighted by molar-refractivity contribution is -0.133. The molecule has 0 unspecified atom stereocenters. The lowest BCUT2D eigenvalue weighted by Gasteiger charge is -2.27. The molecule has 2 aliphatic rings. The van der Waals surface area contributed by atoms with E-state index in [4.69, 9.17) is 4.74 Å². The van der Waals surface area contributed by atoms with Crippen molar-refractivity contribution in [2.45, 2.75) is 65.0 Å². The molecule has 0 spiro atoms. The SMILES string of the molecule is CC(C)N(C[C@H]1C[C@H]1C)C(=O)CC[C@H]1CCCO1. The summed E-state index contributed by atoms with van der Waals surface area (Å²) in [6.45, 7) is 8.36. The Bertz CT molecular complexity index is 284. The van der Waals surface area contributed by atoms with Crippen molar-refractivity contribution in [2.75, 3.05) is 13.2 Å². The molecule has 104 valence electrons. The molecule has 3 heteroatoms. The van der Waals surface area contributed by atoms with Crippen LogP contribution in [0.5, 0.6) is 0 Å². The van der Waals surface area contributed by atoms with E-state index in [2.05, 4.69) is 25.7 Å². The van der Waals surface area contributed by atoms with Crippen molar-refractivity contribution in [1.29, 1.82) is 0 Å². The molecule has 2 rings (SSSR count). The third-order valence-corrected chi connectivity index (χ3v) is 4.36. The Labute approximate surface area is 111 Å². The minimum atomic E-state index is 0.319. The van der Waals surface area contributed by atoms with Crippen molar-refractivity contribution < 1.29 is 9.53 Å². The standard InChI is InChI=1S/C15H27NO2/c1-11(2)16(10-13-9-12(13)3)15(17)7-6-14-5-4-8-18-14/h11-14H,4-10H2,1-3H3/t12-,13-,14-/m1/s1. The zero-order chi connectivity index (χ0) is 13.1. The molecule has 3 atom stereocenters.